The zero-order valence-corrected chi connectivity index (χ0v) is 17.2. The van der Waals surface area contributed by atoms with E-state index < -0.39 is 0 Å². The number of carbonyl (C=O) groups is 1. The number of thioether (sulfide) groups is 1. The van der Waals surface area contributed by atoms with Crippen LogP contribution in [0.5, 0.6) is 5.75 Å². The molecule has 4 aromatic rings. The molecule has 9 heteroatoms. The van der Waals surface area contributed by atoms with Crippen LogP contribution in [0.2, 0.25) is 0 Å². The van der Waals surface area contributed by atoms with Crippen molar-refractivity contribution in [1.82, 2.24) is 14.8 Å². The number of hydrogen-bond acceptors (Lipinski definition) is 7. The lowest BCUT2D eigenvalue weighted by atomic mass is 10.3. The van der Waals surface area contributed by atoms with Gasteiger partial charge in [-0.3, -0.25) is 9.36 Å². The van der Waals surface area contributed by atoms with Crippen LogP contribution in [0.1, 0.15) is 5.76 Å². The fraction of sp³-hybridized carbons (Fsp3) is 0.150. The number of methoxy groups -OCH3 is 1. The van der Waals surface area contributed by atoms with Crippen LogP contribution in [-0.2, 0) is 11.3 Å². The zero-order chi connectivity index (χ0) is 20.1. The maximum absolute atomic E-state index is 12.5. The number of ether oxygens (including phenoxy) is 1. The van der Waals surface area contributed by atoms with Crippen LogP contribution in [0.15, 0.2) is 69.7 Å². The Hall–Kier alpha value is -3.04. The lowest BCUT2D eigenvalue weighted by Gasteiger charge is -2.10. The van der Waals surface area contributed by atoms with Gasteiger partial charge in [-0.1, -0.05) is 30.0 Å². The SMILES string of the molecule is COc1ccccc1NC(=O)CSc1nnc(-c2cccs2)n1Cc1ccco1. The summed E-state index contributed by atoms with van der Waals surface area (Å²) in [5.41, 5.74) is 0.636. The molecule has 0 atom stereocenters. The molecule has 3 aromatic heterocycles. The molecular formula is C20H18N4O3S2. The molecule has 0 unspecified atom stereocenters. The maximum Gasteiger partial charge on any atom is 0.234 e. The van der Waals surface area contributed by atoms with E-state index >= 15 is 0 Å². The van der Waals surface area contributed by atoms with Gasteiger partial charge in [0.2, 0.25) is 5.91 Å². The van der Waals surface area contributed by atoms with Crippen molar-refractivity contribution >= 4 is 34.7 Å². The molecule has 0 aliphatic carbocycles. The van der Waals surface area contributed by atoms with Crippen molar-refractivity contribution in [3.63, 3.8) is 0 Å². The van der Waals surface area contributed by atoms with Gasteiger partial charge in [-0.15, -0.1) is 21.5 Å². The average Bonchev–Trinajstić information content (AvgIpc) is 3.50. The van der Waals surface area contributed by atoms with Gasteiger partial charge >= 0.3 is 0 Å². The number of para-hydroxylation sites is 2. The number of benzene rings is 1. The highest BCUT2D eigenvalue weighted by Crippen LogP contribution is 2.29. The van der Waals surface area contributed by atoms with Crippen molar-refractivity contribution < 1.29 is 13.9 Å². The molecule has 0 saturated carbocycles. The first-order valence-electron chi connectivity index (χ1n) is 8.79. The highest BCUT2D eigenvalue weighted by molar-refractivity contribution is 7.99. The Bertz CT molecular complexity index is 1080. The smallest absolute Gasteiger partial charge is 0.234 e. The minimum Gasteiger partial charge on any atom is -0.495 e. The van der Waals surface area contributed by atoms with Crippen LogP contribution in [0.4, 0.5) is 5.69 Å². The highest BCUT2D eigenvalue weighted by Gasteiger charge is 2.18. The second-order valence-electron chi connectivity index (χ2n) is 5.99. The van der Waals surface area contributed by atoms with Gasteiger partial charge in [0.25, 0.3) is 0 Å². The van der Waals surface area contributed by atoms with Crippen molar-refractivity contribution in [3.8, 4) is 16.5 Å². The zero-order valence-electron chi connectivity index (χ0n) is 15.6. The number of anilines is 1. The van der Waals surface area contributed by atoms with Gasteiger partial charge in [0.05, 0.1) is 36.2 Å². The molecular weight excluding hydrogens is 408 g/mol. The number of nitrogens with zero attached hydrogens (tertiary/aromatic N) is 3. The Morgan fingerprint density at radius 2 is 2.10 bits per heavy atom. The standard InChI is InChI=1S/C20H18N4O3S2/c1-26-16-8-3-2-7-15(16)21-18(25)13-29-20-23-22-19(17-9-5-11-28-17)24(20)12-14-6-4-10-27-14/h2-11H,12-13H2,1H3,(H,21,25). The van der Waals surface area contributed by atoms with Crippen LogP contribution < -0.4 is 10.1 Å². The molecule has 0 spiro atoms. The monoisotopic (exact) mass is 426 g/mol. The fourth-order valence-corrected chi connectivity index (χ4v) is 4.20. The van der Waals surface area contributed by atoms with Gasteiger partial charge in [0.15, 0.2) is 11.0 Å². The second kappa shape index (κ2) is 8.97. The number of nitrogens with one attached hydrogen (secondary N) is 1. The average molecular weight is 427 g/mol. The predicted molar refractivity (Wildman–Crippen MR) is 113 cm³/mol. The molecule has 0 radical (unpaired) electrons. The number of rotatable bonds is 8. The molecule has 148 valence electrons. The number of thiophene rings is 1. The number of carbonyl (C=O) groups excluding carboxylic acids is 1. The summed E-state index contributed by atoms with van der Waals surface area (Å²) in [6.45, 7) is 0.490. The van der Waals surface area contributed by atoms with E-state index in [1.807, 2.05) is 46.3 Å². The lowest BCUT2D eigenvalue weighted by Crippen LogP contribution is -2.15. The number of aromatic nitrogens is 3. The van der Waals surface area contributed by atoms with Crippen LogP contribution in [0, 0.1) is 0 Å². The van der Waals surface area contributed by atoms with Crippen LogP contribution >= 0.6 is 23.1 Å². The van der Waals surface area contributed by atoms with Gasteiger partial charge in [0, 0.05) is 0 Å². The van der Waals surface area contributed by atoms with Gasteiger partial charge in [-0.05, 0) is 35.7 Å². The van der Waals surface area contributed by atoms with E-state index in [0.29, 0.717) is 23.1 Å². The quantitative estimate of drug-likeness (QED) is 0.421. The van der Waals surface area contributed by atoms with E-state index in [0.717, 1.165) is 16.5 Å². The normalized spacial score (nSPS) is 10.8. The summed E-state index contributed by atoms with van der Waals surface area (Å²) in [5.74, 6) is 2.21. The molecule has 29 heavy (non-hydrogen) atoms. The number of amides is 1. The number of furan rings is 1. The van der Waals surface area contributed by atoms with Gasteiger partial charge in [0.1, 0.15) is 11.5 Å². The third-order valence-corrected chi connectivity index (χ3v) is 5.90. The third kappa shape index (κ3) is 4.52. The Kier molecular flexibility index (Phi) is 5.97. The van der Waals surface area contributed by atoms with Crippen LogP contribution in [0.25, 0.3) is 10.7 Å². The van der Waals surface area contributed by atoms with Crippen LogP contribution in [0.3, 0.4) is 0 Å². The minimum absolute atomic E-state index is 0.148. The highest BCUT2D eigenvalue weighted by atomic mass is 32.2. The van der Waals surface area contributed by atoms with E-state index in [4.69, 9.17) is 9.15 Å². The molecule has 0 fully saturated rings. The molecule has 1 N–H and O–H groups in total. The molecule has 0 bridgehead atoms. The van der Waals surface area contributed by atoms with E-state index in [1.165, 1.54) is 11.8 Å². The van der Waals surface area contributed by atoms with Crippen molar-refractivity contribution in [2.45, 2.75) is 11.7 Å². The Morgan fingerprint density at radius 1 is 1.21 bits per heavy atom. The summed E-state index contributed by atoms with van der Waals surface area (Å²) in [6, 6.07) is 15.0. The Morgan fingerprint density at radius 3 is 2.86 bits per heavy atom. The largest absolute Gasteiger partial charge is 0.495 e. The molecule has 0 aliphatic rings. The summed E-state index contributed by atoms with van der Waals surface area (Å²) >= 11 is 2.92. The van der Waals surface area contributed by atoms with Crippen molar-refractivity contribution in [2.24, 2.45) is 0 Å². The van der Waals surface area contributed by atoms with E-state index in [9.17, 15) is 4.79 Å². The first-order chi connectivity index (χ1) is 14.2. The van der Waals surface area contributed by atoms with E-state index in [2.05, 4.69) is 15.5 Å². The summed E-state index contributed by atoms with van der Waals surface area (Å²) in [5, 5.41) is 14.2. The van der Waals surface area contributed by atoms with Crippen molar-refractivity contribution in [1.29, 1.82) is 0 Å². The van der Waals surface area contributed by atoms with Gasteiger partial charge < -0.3 is 14.5 Å². The van der Waals surface area contributed by atoms with Crippen molar-refractivity contribution in [2.75, 3.05) is 18.2 Å². The molecule has 7 nitrogen and oxygen atoms in total. The molecule has 1 aromatic carbocycles. The summed E-state index contributed by atoms with van der Waals surface area (Å²) in [4.78, 5) is 13.5. The molecule has 0 saturated heterocycles. The number of hydrogen-bond donors (Lipinski definition) is 1. The van der Waals surface area contributed by atoms with E-state index in [-0.39, 0.29) is 11.7 Å². The topological polar surface area (TPSA) is 82.2 Å². The molecule has 3 heterocycles. The van der Waals surface area contributed by atoms with Gasteiger partial charge in [-0.2, -0.15) is 0 Å². The first-order valence-corrected chi connectivity index (χ1v) is 10.7. The fourth-order valence-electron chi connectivity index (χ4n) is 2.75. The van der Waals surface area contributed by atoms with Crippen molar-refractivity contribution in [3.05, 3.63) is 65.9 Å². The Labute approximate surface area is 175 Å². The molecule has 0 aliphatic heterocycles. The first kappa shape index (κ1) is 19.3. The summed E-state index contributed by atoms with van der Waals surface area (Å²) < 4.78 is 12.7. The lowest BCUT2D eigenvalue weighted by molar-refractivity contribution is -0.113. The predicted octanol–water partition coefficient (Wildman–Crippen LogP) is 4.39. The minimum atomic E-state index is -0.148. The van der Waals surface area contributed by atoms with Gasteiger partial charge in [-0.25, -0.2) is 0 Å². The van der Waals surface area contributed by atoms with Crippen LogP contribution in [-0.4, -0.2) is 33.5 Å². The molecule has 1 amide bonds. The Balaban J connectivity index is 1.50. The summed E-state index contributed by atoms with van der Waals surface area (Å²) in [7, 11) is 1.57. The maximum atomic E-state index is 12.5. The molecule has 4 rings (SSSR count). The third-order valence-electron chi connectivity index (χ3n) is 4.07. The second-order valence-corrected chi connectivity index (χ2v) is 7.88. The van der Waals surface area contributed by atoms with E-state index in [1.54, 1.807) is 36.8 Å². The summed E-state index contributed by atoms with van der Waals surface area (Å²) in [6.07, 6.45) is 1.64.